The monoisotopic (exact) mass is 768 g/mol. The molecule has 3 fully saturated rings. The molecule has 1 aromatic rings. The SMILES string of the molecule is C=CCNC(=O)C(=O)C(CCC(F)(F)F)NC(=O)[C@@H]1[C@@H]2C(CN1C(=O)[C@@H](NC(=O)NC1(CS(=O)(=O)c3ccccn3)CCCCC1)C(C)(C)C)C2(C)C. The third-order valence-corrected chi connectivity index (χ3v) is 12.6. The Hall–Kier alpha value is -4.02. The topological polar surface area (TPSA) is 184 Å². The maximum atomic E-state index is 14.4. The normalized spacial score (nSPS) is 23.1. The van der Waals surface area contributed by atoms with Gasteiger partial charge in [0, 0.05) is 25.7 Å². The van der Waals surface area contributed by atoms with E-state index in [2.05, 4.69) is 32.8 Å². The van der Waals surface area contributed by atoms with E-state index in [1.165, 1.54) is 23.2 Å². The summed E-state index contributed by atoms with van der Waals surface area (Å²) < 4.78 is 66.5. The predicted octanol–water partition coefficient (Wildman–Crippen LogP) is 3.45. The van der Waals surface area contributed by atoms with E-state index in [-0.39, 0.29) is 24.0 Å². The van der Waals surface area contributed by atoms with Gasteiger partial charge in [-0.3, -0.25) is 19.2 Å². The number of fused-ring (bicyclic) bond motifs is 1. The minimum Gasteiger partial charge on any atom is -0.346 e. The van der Waals surface area contributed by atoms with Gasteiger partial charge in [-0.15, -0.1) is 6.58 Å². The van der Waals surface area contributed by atoms with Crippen LogP contribution in [-0.4, -0.2) is 96.5 Å². The average molecular weight is 769 g/mol. The summed E-state index contributed by atoms with van der Waals surface area (Å²) in [5.74, 6) is -4.92. The fourth-order valence-electron chi connectivity index (χ4n) is 7.78. The zero-order chi connectivity index (χ0) is 39.6. The molecule has 53 heavy (non-hydrogen) atoms. The Labute approximate surface area is 308 Å². The minimum absolute atomic E-state index is 0.109. The fraction of sp³-hybridized carbons (Fsp3) is 0.667. The number of rotatable bonds is 14. The third kappa shape index (κ3) is 9.95. The van der Waals surface area contributed by atoms with Gasteiger partial charge in [-0.1, -0.05) is 66.0 Å². The molecule has 5 amide bonds. The van der Waals surface area contributed by atoms with Crippen molar-refractivity contribution in [3.8, 4) is 0 Å². The average Bonchev–Trinajstić information content (AvgIpc) is 3.37. The van der Waals surface area contributed by atoms with Crippen LogP contribution in [0, 0.1) is 22.7 Å². The Balaban J connectivity index is 1.57. The summed E-state index contributed by atoms with van der Waals surface area (Å²) in [5.41, 5.74) is -2.48. The number of pyridine rings is 1. The summed E-state index contributed by atoms with van der Waals surface area (Å²) in [6.45, 7) is 12.3. The number of aromatic nitrogens is 1. The summed E-state index contributed by atoms with van der Waals surface area (Å²) in [5, 5.41) is 10.1. The van der Waals surface area contributed by atoms with E-state index in [9.17, 15) is 45.6 Å². The molecular weight excluding hydrogens is 717 g/mol. The smallest absolute Gasteiger partial charge is 0.346 e. The van der Waals surface area contributed by atoms with Crippen molar-refractivity contribution in [1.29, 1.82) is 0 Å². The van der Waals surface area contributed by atoms with Crippen LogP contribution in [0.1, 0.15) is 79.6 Å². The zero-order valence-corrected chi connectivity index (χ0v) is 31.7. The van der Waals surface area contributed by atoms with Crippen LogP contribution in [-0.2, 0) is 29.0 Å². The highest BCUT2D eigenvalue weighted by Gasteiger charge is 2.70. The van der Waals surface area contributed by atoms with E-state index in [4.69, 9.17) is 0 Å². The minimum atomic E-state index is -4.68. The first kappa shape index (κ1) is 41.7. The van der Waals surface area contributed by atoms with Gasteiger partial charge in [-0.2, -0.15) is 13.2 Å². The van der Waals surface area contributed by atoms with E-state index in [1.54, 1.807) is 32.9 Å². The largest absolute Gasteiger partial charge is 0.389 e. The Morgan fingerprint density at radius 2 is 1.72 bits per heavy atom. The van der Waals surface area contributed by atoms with Crippen LogP contribution in [0.4, 0.5) is 18.0 Å². The molecule has 1 aliphatic heterocycles. The van der Waals surface area contributed by atoms with Crippen molar-refractivity contribution in [2.75, 3.05) is 18.8 Å². The fourth-order valence-corrected chi connectivity index (χ4v) is 9.53. The summed E-state index contributed by atoms with van der Waals surface area (Å²) in [4.78, 5) is 72.8. The predicted molar refractivity (Wildman–Crippen MR) is 189 cm³/mol. The molecule has 0 radical (unpaired) electrons. The molecule has 0 bridgehead atoms. The first-order valence-corrected chi connectivity index (χ1v) is 19.5. The quantitative estimate of drug-likeness (QED) is 0.164. The maximum Gasteiger partial charge on any atom is 0.389 e. The van der Waals surface area contributed by atoms with Crippen molar-refractivity contribution in [2.24, 2.45) is 22.7 Å². The highest BCUT2D eigenvalue weighted by Crippen LogP contribution is 2.65. The van der Waals surface area contributed by atoms with Crippen molar-refractivity contribution in [1.82, 2.24) is 31.2 Å². The number of hydrogen-bond acceptors (Lipinski definition) is 8. The Kier molecular flexibility index (Phi) is 12.4. The van der Waals surface area contributed by atoms with Crippen LogP contribution in [0.25, 0.3) is 0 Å². The summed E-state index contributed by atoms with van der Waals surface area (Å²) in [6, 6.07) is -0.471. The number of hydrogen-bond donors (Lipinski definition) is 4. The lowest BCUT2D eigenvalue weighted by atomic mass is 9.83. The van der Waals surface area contributed by atoms with E-state index in [0.29, 0.717) is 25.7 Å². The Morgan fingerprint density at radius 1 is 1.06 bits per heavy atom. The number of carbonyl (C=O) groups excluding carboxylic acids is 5. The molecule has 2 saturated carbocycles. The summed E-state index contributed by atoms with van der Waals surface area (Å²) in [6.07, 6.45) is -1.39. The van der Waals surface area contributed by atoms with Crippen molar-refractivity contribution >= 4 is 39.4 Å². The molecule has 294 valence electrons. The van der Waals surface area contributed by atoms with Crippen LogP contribution >= 0.6 is 0 Å². The molecule has 4 N–H and O–H groups in total. The number of amides is 5. The molecule has 3 aliphatic rings. The number of nitrogens with one attached hydrogen (secondary N) is 4. The first-order valence-electron chi connectivity index (χ1n) is 17.9. The van der Waals surface area contributed by atoms with Gasteiger partial charge in [0.25, 0.3) is 5.91 Å². The Morgan fingerprint density at radius 3 is 2.28 bits per heavy atom. The summed E-state index contributed by atoms with van der Waals surface area (Å²) in [7, 11) is -3.91. The van der Waals surface area contributed by atoms with Gasteiger partial charge in [0.15, 0.2) is 14.9 Å². The second kappa shape index (κ2) is 15.8. The second-order valence-electron chi connectivity index (χ2n) is 16.1. The lowest BCUT2D eigenvalue weighted by Gasteiger charge is -2.40. The second-order valence-corrected chi connectivity index (χ2v) is 18.1. The number of ketones is 1. The third-order valence-electron chi connectivity index (χ3n) is 10.7. The molecule has 17 heteroatoms. The zero-order valence-electron chi connectivity index (χ0n) is 30.8. The number of likely N-dealkylation sites (tertiary alicyclic amines) is 1. The first-order chi connectivity index (χ1) is 24.5. The van der Waals surface area contributed by atoms with Crippen molar-refractivity contribution in [2.45, 2.75) is 114 Å². The summed E-state index contributed by atoms with van der Waals surface area (Å²) >= 11 is 0. The van der Waals surface area contributed by atoms with E-state index < -0.39 is 105 Å². The standard InChI is InChI=1S/C36H51F3N6O7S/c1-7-18-41-30(48)27(46)23(14-17-36(37,38)39)42-29(47)26-25-22(34(25,5)6)20-45(26)31(49)28(33(2,3)4)43-32(50)44-35(15-10-8-11-16-35)21-53(51,52)24-13-9-12-19-40-24/h7,9,12-13,19,22-23,25-26,28H,1,8,10-11,14-18,20-21H2,2-6H3,(H,41,48)(H,42,47)(H2,43,44,50)/t22?,23?,25-,26-,28+/m0/s1. The van der Waals surface area contributed by atoms with Crippen molar-refractivity contribution in [3.05, 3.63) is 37.1 Å². The van der Waals surface area contributed by atoms with E-state index in [0.717, 1.165) is 6.42 Å². The molecular formula is C36H51F3N6O7S. The van der Waals surface area contributed by atoms with Gasteiger partial charge in [0.1, 0.15) is 12.1 Å². The van der Waals surface area contributed by atoms with Gasteiger partial charge in [0.2, 0.25) is 17.6 Å². The molecule has 0 aromatic carbocycles. The van der Waals surface area contributed by atoms with Gasteiger partial charge in [0.05, 0.1) is 17.3 Å². The molecule has 4 rings (SSSR count). The molecule has 0 spiro atoms. The molecule has 13 nitrogen and oxygen atoms in total. The molecule has 2 aliphatic carbocycles. The van der Waals surface area contributed by atoms with Crippen LogP contribution < -0.4 is 21.3 Å². The van der Waals surface area contributed by atoms with Crippen molar-refractivity contribution < 1.29 is 45.6 Å². The number of halogens is 3. The van der Waals surface area contributed by atoms with Gasteiger partial charge in [-0.25, -0.2) is 18.2 Å². The molecule has 2 heterocycles. The van der Waals surface area contributed by atoms with E-state index in [1.807, 2.05) is 13.8 Å². The Bertz CT molecular complexity index is 1670. The lowest BCUT2D eigenvalue weighted by molar-refractivity contribution is -0.148. The van der Waals surface area contributed by atoms with E-state index >= 15 is 0 Å². The van der Waals surface area contributed by atoms with Crippen LogP contribution in [0.15, 0.2) is 42.1 Å². The van der Waals surface area contributed by atoms with Gasteiger partial charge >= 0.3 is 12.2 Å². The number of Topliss-reactive ketones (excluding diaryl/α,β-unsaturated/α-hetero) is 1. The number of alkyl halides is 3. The number of urea groups is 1. The molecule has 5 atom stereocenters. The van der Waals surface area contributed by atoms with Crippen molar-refractivity contribution in [3.63, 3.8) is 0 Å². The number of carbonyl (C=O) groups is 5. The van der Waals surface area contributed by atoms with Crippen LogP contribution in [0.2, 0.25) is 0 Å². The molecule has 1 aromatic heterocycles. The lowest BCUT2D eigenvalue weighted by Crippen LogP contribution is -2.64. The highest BCUT2D eigenvalue weighted by atomic mass is 32.2. The van der Waals surface area contributed by atoms with Crippen LogP contribution in [0.5, 0.6) is 0 Å². The number of sulfone groups is 1. The molecule has 1 saturated heterocycles. The highest BCUT2D eigenvalue weighted by molar-refractivity contribution is 7.91. The molecule has 2 unspecified atom stereocenters. The number of piperidine rings is 1. The maximum absolute atomic E-state index is 14.4. The van der Waals surface area contributed by atoms with Crippen LogP contribution in [0.3, 0.4) is 0 Å². The van der Waals surface area contributed by atoms with Gasteiger partial charge in [-0.05, 0) is 54.1 Å². The van der Waals surface area contributed by atoms with Gasteiger partial charge < -0.3 is 26.2 Å². The number of nitrogens with zero attached hydrogens (tertiary/aromatic N) is 2.